The minimum Gasteiger partial charge on any atom is -0.299 e. The molecule has 0 spiro atoms. The maximum Gasteiger partial charge on any atom is 0.261 e. The lowest BCUT2D eigenvalue weighted by Crippen LogP contribution is -2.20. The van der Waals surface area contributed by atoms with Crippen LogP contribution in [0.5, 0.6) is 0 Å². The smallest absolute Gasteiger partial charge is 0.261 e. The number of fused-ring (bicyclic) bond motifs is 1. The molecule has 114 valence electrons. The topological polar surface area (TPSA) is 34.9 Å². The van der Waals surface area contributed by atoms with Crippen molar-refractivity contribution in [3.8, 4) is 0 Å². The molecule has 3 nitrogen and oxygen atoms in total. The van der Waals surface area contributed by atoms with Gasteiger partial charge in [-0.15, -0.1) is 0 Å². The first-order valence-electron chi connectivity index (χ1n) is 7.87. The molecule has 2 aromatic rings. The number of benzene rings is 1. The minimum absolute atomic E-state index is 0.0680. The summed E-state index contributed by atoms with van der Waals surface area (Å²) in [5.41, 5.74) is 0.823. The zero-order valence-electron chi connectivity index (χ0n) is 12.6. The Morgan fingerprint density at radius 2 is 1.81 bits per heavy atom. The van der Waals surface area contributed by atoms with Crippen LogP contribution < -0.4 is 5.56 Å². The third-order valence-electron chi connectivity index (χ3n) is 3.79. The van der Waals surface area contributed by atoms with E-state index in [-0.39, 0.29) is 5.56 Å². The molecule has 0 bridgehead atoms. The van der Waals surface area contributed by atoms with Crippen LogP contribution in [-0.2, 0) is 6.54 Å². The third-order valence-corrected chi connectivity index (χ3v) is 4.28. The van der Waals surface area contributed by atoms with Gasteiger partial charge in [-0.05, 0) is 24.6 Å². The van der Waals surface area contributed by atoms with E-state index >= 15 is 0 Å². The monoisotopic (exact) mass is 350 g/mol. The van der Waals surface area contributed by atoms with Crippen LogP contribution in [0.3, 0.4) is 0 Å². The molecule has 0 unspecified atom stereocenters. The maximum atomic E-state index is 12.4. The molecule has 0 aliphatic carbocycles. The predicted octanol–water partition coefficient (Wildman–Crippen LogP) is 4.91. The van der Waals surface area contributed by atoms with E-state index in [1.807, 2.05) is 18.2 Å². The molecule has 0 N–H and O–H groups in total. The van der Waals surface area contributed by atoms with E-state index in [2.05, 4.69) is 27.8 Å². The molecule has 1 aromatic carbocycles. The van der Waals surface area contributed by atoms with Crippen LogP contribution in [0.25, 0.3) is 10.9 Å². The summed E-state index contributed by atoms with van der Waals surface area (Å²) in [6.45, 7) is 3.00. The Hall–Kier alpha value is -1.16. The molecular formula is C17H23BrN2O. The first-order valence-corrected chi connectivity index (χ1v) is 8.66. The number of hydrogen-bond acceptors (Lipinski definition) is 2. The van der Waals surface area contributed by atoms with Crippen molar-refractivity contribution in [3.63, 3.8) is 0 Å². The Labute approximate surface area is 134 Å². The molecule has 0 fully saturated rings. The first-order chi connectivity index (χ1) is 10.2. The number of halogens is 1. The van der Waals surface area contributed by atoms with Crippen molar-refractivity contribution in [2.45, 2.75) is 58.4 Å². The molecule has 0 atom stereocenters. The quantitative estimate of drug-likeness (QED) is 0.634. The SMILES string of the molecule is CCCCCCCCCn1cnc2cc(Br)ccc2c1=O. The molecule has 0 saturated carbocycles. The van der Waals surface area contributed by atoms with Crippen molar-refractivity contribution < 1.29 is 0 Å². The molecule has 21 heavy (non-hydrogen) atoms. The molecule has 1 aromatic heterocycles. The summed E-state index contributed by atoms with van der Waals surface area (Å²) in [4.78, 5) is 16.7. The van der Waals surface area contributed by atoms with E-state index in [0.29, 0.717) is 5.39 Å². The van der Waals surface area contributed by atoms with Gasteiger partial charge in [0.2, 0.25) is 0 Å². The van der Waals surface area contributed by atoms with Gasteiger partial charge in [0, 0.05) is 11.0 Å². The number of aryl methyl sites for hydroxylation is 1. The van der Waals surface area contributed by atoms with Gasteiger partial charge in [0.1, 0.15) is 0 Å². The van der Waals surface area contributed by atoms with E-state index in [9.17, 15) is 4.79 Å². The van der Waals surface area contributed by atoms with Crippen LogP contribution in [-0.4, -0.2) is 9.55 Å². The fourth-order valence-electron chi connectivity index (χ4n) is 2.53. The summed E-state index contributed by atoms with van der Waals surface area (Å²) in [5, 5.41) is 0.698. The predicted molar refractivity (Wildman–Crippen MR) is 91.7 cm³/mol. The average Bonchev–Trinajstić information content (AvgIpc) is 2.48. The fourth-order valence-corrected chi connectivity index (χ4v) is 2.88. The van der Waals surface area contributed by atoms with Gasteiger partial charge in [0.25, 0.3) is 5.56 Å². The number of nitrogens with zero attached hydrogens (tertiary/aromatic N) is 2. The highest BCUT2D eigenvalue weighted by molar-refractivity contribution is 9.10. The van der Waals surface area contributed by atoms with Crippen molar-refractivity contribution in [2.24, 2.45) is 0 Å². The normalized spacial score (nSPS) is 11.1. The molecule has 0 saturated heterocycles. The lowest BCUT2D eigenvalue weighted by atomic mass is 10.1. The third kappa shape index (κ3) is 4.67. The van der Waals surface area contributed by atoms with Gasteiger partial charge in [-0.1, -0.05) is 61.4 Å². The van der Waals surface area contributed by atoms with E-state index in [1.54, 1.807) is 10.9 Å². The average molecular weight is 351 g/mol. The van der Waals surface area contributed by atoms with Crippen molar-refractivity contribution in [2.75, 3.05) is 0 Å². The number of aromatic nitrogens is 2. The highest BCUT2D eigenvalue weighted by Gasteiger charge is 2.04. The highest BCUT2D eigenvalue weighted by Crippen LogP contribution is 2.15. The molecule has 2 rings (SSSR count). The largest absolute Gasteiger partial charge is 0.299 e. The van der Waals surface area contributed by atoms with Gasteiger partial charge >= 0.3 is 0 Å². The van der Waals surface area contributed by atoms with Gasteiger partial charge in [0.15, 0.2) is 0 Å². The molecule has 0 radical (unpaired) electrons. The molecule has 0 aliphatic rings. The Balaban J connectivity index is 1.89. The highest BCUT2D eigenvalue weighted by atomic mass is 79.9. The van der Waals surface area contributed by atoms with Crippen LogP contribution in [0.15, 0.2) is 33.8 Å². The van der Waals surface area contributed by atoms with Crippen LogP contribution >= 0.6 is 15.9 Å². The second-order valence-corrected chi connectivity index (χ2v) is 6.44. The fraction of sp³-hybridized carbons (Fsp3) is 0.529. The zero-order chi connectivity index (χ0) is 15.1. The van der Waals surface area contributed by atoms with Gasteiger partial charge in [-0.2, -0.15) is 0 Å². The Kier molecular flexibility index (Phi) is 6.43. The molecule has 0 amide bonds. The van der Waals surface area contributed by atoms with Crippen molar-refractivity contribution >= 4 is 26.8 Å². The standard InChI is InChI=1S/C17H23BrN2O/c1-2-3-4-5-6-7-8-11-20-13-19-16-12-14(18)9-10-15(16)17(20)21/h9-10,12-13H,2-8,11H2,1H3. The summed E-state index contributed by atoms with van der Waals surface area (Å²) < 4.78 is 2.69. The Bertz CT molecular complexity index is 636. The van der Waals surface area contributed by atoms with E-state index < -0.39 is 0 Å². The minimum atomic E-state index is 0.0680. The van der Waals surface area contributed by atoms with Crippen LogP contribution in [0.2, 0.25) is 0 Å². The van der Waals surface area contributed by atoms with Gasteiger partial charge in [-0.25, -0.2) is 4.98 Å². The van der Waals surface area contributed by atoms with E-state index in [1.165, 1.54) is 38.5 Å². The Morgan fingerprint density at radius 3 is 2.57 bits per heavy atom. The number of unbranched alkanes of at least 4 members (excludes halogenated alkanes) is 6. The molecule has 1 heterocycles. The summed E-state index contributed by atoms with van der Waals surface area (Å²) in [7, 11) is 0. The summed E-state index contributed by atoms with van der Waals surface area (Å²) >= 11 is 3.40. The van der Waals surface area contributed by atoms with Crippen molar-refractivity contribution in [3.05, 3.63) is 39.4 Å². The van der Waals surface area contributed by atoms with Crippen LogP contribution in [0.1, 0.15) is 51.9 Å². The number of hydrogen-bond donors (Lipinski definition) is 0. The number of rotatable bonds is 8. The molecular weight excluding hydrogens is 328 g/mol. The Morgan fingerprint density at radius 1 is 1.10 bits per heavy atom. The first kappa shape index (κ1) is 16.2. The second-order valence-electron chi connectivity index (χ2n) is 5.53. The van der Waals surface area contributed by atoms with Crippen LogP contribution in [0.4, 0.5) is 0 Å². The van der Waals surface area contributed by atoms with Gasteiger partial charge in [0.05, 0.1) is 17.2 Å². The summed E-state index contributed by atoms with van der Waals surface area (Å²) in [6, 6.07) is 5.62. The maximum absolute atomic E-state index is 12.4. The summed E-state index contributed by atoms with van der Waals surface area (Å²) in [6.07, 6.45) is 10.5. The second kappa shape index (κ2) is 8.32. The molecule has 4 heteroatoms. The summed E-state index contributed by atoms with van der Waals surface area (Å²) in [5.74, 6) is 0. The van der Waals surface area contributed by atoms with Crippen LogP contribution in [0, 0.1) is 0 Å². The zero-order valence-corrected chi connectivity index (χ0v) is 14.2. The van der Waals surface area contributed by atoms with E-state index in [4.69, 9.17) is 0 Å². The van der Waals surface area contributed by atoms with Crippen molar-refractivity contribution in [1.82, 2.24) is 9.55 Å². The van der Waals surface area contributed by atoms with Crippen molar-refractivity contribution in [1.29, 1.82) is 0 Å². The lowest BCUT2D eigenvalue weighted by molar-refractivity contribution is 0.541. The van der Waals surface area contributed by atoms with E-state index in [0.717, 1.165) is 23.0 Å². The van der Waals surface area contributed by atoms with Gasteiger partial charge < -0.3 is 0 Å². The lowest BCUT2D eigenvalue weighted by Gasteiger charge is -2.07. The molecule has 0 aliphatic heterocycles. The van der Waals surface area contributed by atoms with Gasteiger partial charge in [-0.3, -0.25) is 9.36 Å².